The molecule has 1 aliphatic heterocycles. The van der Waals surface area contributed by atoms with Crippen molar-refractivity contribution in [2.75, 3.05) is 0 Å². The average molecular weight is 149 g/mol. The quantitative estimate of drug-likeness (QED) is 0.650. The van der Waals surface area contributed by atoms with Crippen molar-refractivity contribution in [1.29, 1.82) is 0 Å². The Morgan fingerprint density at radius 3 is 2.91 bits per heavy atom. The summed E-state index contributed by atoms with van der Waals surface area (Å²) < 4.78 is 5.27. The van der Waals surface area contributed by atoms with Crippen LogP contribution < -0.4 is 5.73 Å². The first kappa shape index (κ1) is 6.83. The lowest BCUT2D eigenvalue weighted by molar-refractivity contribution is 0.134. The first-order valence-electron chi connectivity index (χ1n) is 3.78. The Labute approximate surface area is 66.0 Å². The predicted molar refractivity (Wildman–Crippen MR) is 42.8 cm³/mol. The van der Waals surface area contributed by atoms with Gasteiger partial charge in [-0.05, 0) is 16.7 Å². The van der Waals surface area contributed by atoms with E-state index in [0.29, 0.717) is 6.54 Å². The third-order valence-corrected chi connectivity index (χ3v) is 2.02. The summed E-state index contributed by atoms with van der Waals surface area (Å²) in [5.41, 5.74) is 9.30. The number of rotatable bonds is 1. The molecule has 0 aliphatic carbocycles. The van der Waals surface area contributed by atoms with Crippen LogP contribution in [0, 0.1) is 0 Å². The van der Waals surface area contributed by atoms with Crippen molar-refractivity contribution in [2.45, 2.75) is 19.8 Å². The molecular formula is C9H11NO. The minimum atomic E-state index is 0.618. The molecule has 0 saturated heterocycles. The maximum absolute atomic E-state index is 5.50. The maximum atomic E-state index is 5.50. The lowest BCUT2D eigenvalue weighted by Crippen LogP contribution is -1.96. The standard InChI is InChI=1S/C9H11NO/c10-4-7-1-2-8-5-11-6-9(8)3-7/h1-3H,4-6,10H2. The molecule has 0 spiro atoms. The van der Waals surface area contributed by atoms with Gasteiger partial charge < -0.3 is 10.5 Å². The van der Waals surface area contributed by atoms with Crippen LogP contribution >= 0.6 is 0 Å². The van der Waals surface area contributed by atoms with Crippen LogP contribution in [-0.2, 0) is 24.5 Å². The minimum Gasteiger partial charge on any atom is -0.372 e. The van der Waals surface area contributed by atoms with Gasteiger partial charge in [-0.2, -0.15) is 0 Å². The Morgan fingerprint density at radius 1 is 1.27 bits per heavy atom. The van der Waals surface area contributed by atoms with Crippen LogP contribution in [0.1, 0.15) is 16.7 Å². The molecule has 2 nitrogen and oxygen atoms in total. The predicted octanol–water partition coefficient (Wildman–Crippen LogP) is 1.18. The molecule has 0 saturated carbocycles. The van der Waals surface area contributed by atoms with Crippen molar-refractivity contribution in [3.05, 3.63) is 34.9 Å². The highest BCUT2D eigenvalue weighted by Gasteiger charge is 2.09. The van der Waals surface area contributed by atoms with Crippen LogP contribution in [0.25, 0.3) is 0 Å². The van der Waals surface area contributed by atoms with Crippen LogP contribution in [0.3, 0.4) is 0 Å². The van der Waals surface area contributed by atoms with E-state index in [4.69, 9.17) is 10.5 Å². The van der Waals surface area contributed by atoms with Gasteiger partial charge in [0.2, 0.25) is 0 Å². The highest BCUT2D eigenvalue weighted by molar-refractivity contribution is 5.32. The van der Waals surface area contributed by atoms with E-state index in [2.05, 4.69) is 18.2 Å². The molecule has 0 fully saturated rings. The Balaban J connectivity index is 2.41. The molecule has 2 rings (SSSR count). The van der Waals surface area contributed by atoms with Gasteiger partial charge in [-0.15, -0.1) is 0 Å². The van der Waals surface area contributed by atoms with E-state index < -0.39 is 0 Å². The lowest BCUT2D eigenvalue weighted by atomic mass is 10.1. The summed E-state index contributed by atoms with van der Waals surface area (Å²) in [6.45, 7) is 2.14. The van der Waals surface area contributed by atoms with E-state index in [9.17, 15) is 0 Å². The fourth-order valence-corrected chi connectivity index (χ4v) is 1.35. The van der Waals surface area contributed by atoms with Gasteiger partial charge in [-0.1, -0.05) is 18.2 Å². The summed E-state index contributed by atoms with van der Waals surface area (Å²) in [6, 6.07) is 6.29. The first-order chi connectivity index (χ1) is 5.40. The second kappa shape index (κ2) is 2.64. The molecule has 0 bridgehead atoms. The third kappa shape index (κ3) is 1.15. The number of fused-ring (bicyclic) bond motifs is 1. The molecule has 2 N–H and O–H groups in total. The van der Waals surface area contributed by atoms with Crippen LogP contribution in [0.2, 0.25) is 0 Å². The Kier molecular flexibility index (Phi) is 1.64. The van der Waals surface area contributed by atoms with E-state index in [-0.39, 0.29) is 0 Å². The van der Waals surface area contributed by atoms with Gasteiger partial charge in [-0.25, -0.2) is 0 Å². The Morgan fingerprint density at radius 2 is 2.09 bits per heavy atom. The smallest absolute Gasteiger partial charge is 0.0725 e. The second-order valence-corrected chi connectivity index (χ2v) is 2.80. The normalized spacial score (nSPS) is 15.0. The monoisotopic (exact) mass is 149 g/mol. The fraction of sp³-hybridized carbons (Fsp3) is 0.333. The molecule has 58 valence electrons. The van der Waals surface area contributed by atoms with E-state index in [1.807, 2.05) is 0 Å². The van der Waals surface area contributed by atoms with Gasteiger partial charge in [0.15, 0.2) is 0 Å². The summed E-state index contributed by atoms with van der Waals surface area (Å²) >= 11 is 0. The molecule has 1 aromatic carbocycles. The van der Waals surface area contributed by atoms with Crippen LogP contribution in [0.5, 0.6) is 0 Å². The lowest BCUT2D eigenvalue weighted by Gasteiger charge is -1.99. The van der Waals surface area contributed by atoms with Gasteiger partial charge in [0.25, 0.3) is 0 Å². The Bertz CT molecular complexity index is 270. The maximum Gasteiger partial charge on any atom is 0.0725 e. The zero-order valence-corrected chi connectivity index (χ0v) is 6.34. The highest BCUT2D eigenvalue weighted by atomic mass is 16.5. The average Bonchev–Trinajstić information content (AvgIpc) is 2.50. The first-order valence-corrected chi connectivity index (χ1v) is 3.78. The van der Waals surface area contributed by atoms with Gasteiger partial charge in [0.1, 0.15) is 0 Å². The van der Waals surface area contributed by atoms with Crippen LogP contribution in [0.4, 0.5) is 0 Å². The molecular weight excluding hydrogens is 138 g/mol. The molecule has 0 radical (unpaired) electrons. The summed E-state index contributed by atoms with van der Waals surface area (Å²) in [6.07, 6.45) is 0. The number of ether oxygens (including phenoxy) is 1. The van der Waals surface area contributed by atoms with Gasteiger partial charge in [-0.3, -0.25) is 0 Å². The molecule has 0 unspecified atom stereocenters. The van der Waals surface area contributed by atoms with Gasteiger partial charge in [0.05, 0.1) is 13.2 Å². The summed E-state index contributed by atoms with van der Waals surface area (Å²) in [5, 5.41) is 0. The zero-order valence-electron chi connectivity index (χ0n) is 6.34. The van der Waals surface area contributed by atoms with Gasteiger partial charge in [0, 0.05) is 6.54 Å². The number of hydrogen-bond donors (Lipinski definition) is 1. The largest absolute Gasteiger partial charge is 0.372 e. The zero-order chi connectivity index (χ0) is 7.68. The second-order valence-electron chi connectivity index (χ2n) is 2.80. The van der Waals surface area contributed by atoms with Crippen LogP contribution in [0.15, 0.2) is 18.2 Å². The summed E-state index contributed by atoms with van der Waals surface area (Å²) in [5.74, 6) is 0. The molecule has 1 aromatic rings. The summed E-state index contributed by atoms with van der Waals surface area (Å²) in [7, 11) is 0. The Hall–Kier alpha value is -0.860. The summed E-state index contributed by atoms with van der Waals surface area (Å²) in [4.78, 5) is 0. The van der Waals surface area contributed by atoms with Crippen molar-refractivity contribution in [3.63, 3.8) is 0 Å². The molecule has 1 aliphatic rings. The van der Waals surface area contributed by atoms with Crippen LogP contribution in [-0.4, -0.2) is 0 Å². The number of nitrogens with two attached hydrogens (primary N) is 1. The molecule has 11 heavy (non-hydrogen) atoms. The van der Waals surface area contributed by atoms with Crippen molar-refractivity contribution < 1.29 is 4.74 Å². The van der Waals surface area contributed by atoms with Crippen molar-refractivity contribution in [2.24, 2.45) is 5.73 Å². The van der Waals surface area contributed by atoms with E-state index in [0.717, 1.165) is 13.2 Å². The topological polar surface area (TPSA) is 35.2 Å². The van der Waals surface area contributed by atoms with E-state index in [1.165, 1.54) is 16.7 Å². The molecule has 0 atom stereocenters. The van der Waals surface area contributed by atoms with E-state index in [1.54, 1.807) is 0 Å². The number of hydrogen-bond acceptors (Lipinski definition) is 2. The molecule has 2 heteroatoms. The SMILES string of the molecule is NCc1ccc2c(c1)COC2. The number of benzene rings is 1. The molecule has 1 heterocycles. The molecule has 0 aromatic heterocycles. The van der Waals surface area contributed by atoms with Gasteiger partial charge >= 0.3 is 0 Å². The third-order valence-electron chi connectivity index (χ3n) is 2.02. The van der Waals surface area contributed by atoms with E-state index >= 15 is 0 Å². The van der Waals surface area contributed by atoms with Crippen molar-refractivity contribution >= 4 is 0 Å². The minimum absolute atomic E-state index is 0.618. The molecule has 0 amide bonds. The fourth-order valence-electron chi connectivity index (χ4n) is 1.35. The highest BCUT2D eigenvalue weighted by Crippen LogP contribution is 2.20. The van der Waals surface area contributed by atoms with Crippen molar-refractivity contribution in [3.8, 4) is 0 Å². The van der Waals surface area contributed by atoms with Crippen molar-refractivity contribution in [1.82, 2.24) is 0 Å².